The van der Waals surface area contributed by atoms with Gasteiger partial charge in [0.05, 0.1) is 16.1 Å². The average Bonchev–Trinajstić information content (AvgIpc) is 3.31. The number of aryl methyl sites for hydroxylation is 2. The summed E-state index contributed by atoms with van der Waals surface area (Å²) in [5.74, 6) is -0.262. The second-order valence-corrected chi connectivity index (χ2v) is 9.89. The molecule has 0 saturated heterocycles. The van der Waals surface area contributed by atoms with Gasteiger partial charge in [-0.3, -0.25) is 4.79 Å². The zero-order valence-electron chi connectivity index (χ0n) is 19.2. The molecule has 1 heterocycles. The van der Waals surface area contributed by atoms with Gasteiger partial charge in [0, 0.05) is 18.3 Å². The van der Waals surface area contributed by atoms with Crippen molar-refractivity contribution in [3.63, 3.8) is 0 Å². The van der Waals surface area contributed by atoms with Crippen molar-refractivity contribution in [3.05, 3.63) is 101 Å². The maximum Gasteiger partial charge on any atom is 0.255 e. The third kappa shape index (κ3) is 4.93. The van der Waals surface area contributed by atoms with Gasteiger partial charge in [-0.2, -0.15) is 5.10 Å². The number of aromatic nitrogens is 2. The smallest absolute Gasteiger partial charge is 0.255 e. The molecule has 34 heavy (non-hydrogen) atoms. The van der Waals surface area contributed by atoms with Crippen LogP contribution in [0.15, 0.2) is 83.9 Å². The van der Waals surface area contributed by atoms with Gasteiger partial charge in [-0.1, -0.05) is 42.5 Å². The Hall–Kier alpha value is -3.75. The lowest BCUT2D eigenvalue weighted by Gasteiger charge is -2.08. The summed E-state index contributed by atoms with van der Waals surface area (Å²) in [4.78, 5) is 13.4. The summed E-state index contributed by atoms with van der Waals surface area (Å²) >= 11 is 0. The van der Waals surface area contributed by atoms with Crippen LogP contribution in [-0.4, -0.2) is 31.2 Å². The Morgan fingerprint density at radius 1 is 0.941 bits per heavy atom. The number of sulfonamides is 1. The lowest BCUT2D eigenvalue weighted by atomic mass is 10.0. The predicted octanol–water partition coefficient (Wildman–Crippen LogP) is 3.99. The van der Waals surface area contributed by atoms with Crippen molar-refractivity contribution < 1.29 is 13.2 Å². The van der Waals surface area contributed by atoms with E-state index in [9.17, 15) is 13.2 Å². The molecule has 0 radical (unpaired) electrons. The molecule has 2 N–H and O–H groups in total. The van der Waals surface area contributed by atoms with Crippen molar-refractivity contribution >= 4 is 15.9 Å². The molecular weight excluding hydrogens is 448 g/mol. The van der Waals surface area contributed by atoms with Crippen molar-refractivity contribution in [2.45, 2.75) is 25.3 Å². The second kappa shape index (κ2) is 9.62. The van der Waals surface area contributed by atoms with Crippen molar-refractivity contribution in [2.24, 2.45) is 0 Å². The molecule has 0 bridgehead atoms. The van der Waals surface area contributed by atoms with Crippen LogP contribution in [-0.2, 0) is 16.6 Å². The van der Waals surface area contributed by atoms with Crippen molar-refractivity contribution in [3.8, 4) is 16.9 Å². The highest BCUT2D eigenvalue weighted by Gasteiger charge is 2.19. The highest BCUT2D eigenvalue weighted by atomic mass is 32.2. The van der Waals surface area contributed by atoms with Crippen molar-refractivity contribution in [1.29, 1.82) is 0 Å². The molecule has 0 unspecified atom stereocenters. The van der Waals surface area contributed by atoms with Crippen LogP contribution < -0.4 is 10.0 Å². The predicted molar refractivity (Wildman–Crippen MR) is 132 cm³/mol. The Bertz CT molecular complexity index is 1430. The Labute approximate surface area is 199 Å². The fourth-order valence-electron chi connectivity index (χ4n) is 3.54. The number of rotatable bonds is 7. The number of benzene rings is 3. The number of nitrogens with one attached hydrogen (secondary N) is 2. The van der Waals surface area contributed by atoms with Gasteiger partial charge in [-0.15, -0.1) is 0 Å². The van der Waals surface area contributed by atoms with Gasteiger partial charge in [0.1, 0.15) is 5.69 Å². The number of amides is 1. The second-order valence-electron chi connectivity index (χ2n) is 8.00. The van der Waals surface area contributed by atoms with E-state index in [4.69, 9.17) is 5.10 Å². The fraction of sp³-hybridized carbons (Fsp3) is 0.154. The first-order valence-corrected chi connectivity index (χ1v) is 12.3. The molecule has 0 fully saturated rings. The Balaban J connectivity index is 1.62. The number of carbonyl (C=O) groups excluding carboxylic acids is 1. The Kier molecular flexibility index (Phi) is 6.63. The number of hydrogen-bond acceptors (Lipinski definition) is 4. The van der Waals surface area contributed by atoms with Crippen LogP contribution in [0, 0.1) is 13.8 Å². The molecule has 3 aromatic carbocycles. The number of carbonyl (C=O) groups is 1. The molecule has 1 amide bonds. The number of hydrogen-bond donors (Lipinski definition) is 2. The van der Waals surface area contributed by atoms with E-state index in [0.717, 1.165) is 22.4 Å². The monoisotopic (exact) mass is 474 g/mol. The minimum absolute atomic E-state index is 0.172. The molecule has 0 atom stereocenters. The molecule has 7 nitrogen and oxygen atoms in total. The van der Waals surface area contributed by atoms with E-state index in [2.05, 4.69) is 10.0 Å². The molecule has 0 aliphatic heterocycles. The molecule has 4 aromatic rings. The van der Waals surface area contributed by atoms with Gasteiger partial charge in [0.2, 0.25) is 10.0 Å². The maximum atomic E-state index is 13.2. The highest BCUT2D eigenvalue weighted by molar-refractivity contribution is 7.89. The lowest BCUT2D eigenvalue weighted by molar-refractivity contribution is 0.0951. The van der Waals surface area contributed by atoms with Gasteiger partial charge in [-0.05, 0) is 67.9 Å². The molecule has 0 aliphatic carbocycles. The zero-order valence-corrected chi connectivity index (χ0v) is 20.1. The van der Waals surface area contributed by atoms with Crippen LogP contribution in [0.25, 0.3) is 16.9 Å². The summed E-state index contributed by atoms with van der Waals surface area (Å²) in [6.07, 6.45) is 1.73. The maximum absolute atomic E-state index is 13.2. The molecule has 1 aromatic heterocycles. The van der Waals surface area contributed by atoms with Crippen LogP contribution in [0.4, 0.5) is 0 Å². The van der Waals surface area contributed by atoms with Gasteiger partial charge in [0.25, 0.3) is 5.91 Å². The first-order valence-electron chi connectivity index (χ1n) is 10.8. The summed E-state index contributed by atoms with van der Waals surface area (Å²) in [6, 6.07) is 22.1. The molecule has 0 saturated carbocycles. The topological polar surface area (TPSA) is 93.1 Å². The summed E-state index contributed by atoms with van der Waals surface area (Å²) in [5.41, 5.74) is 5.85. The first kappa shape index (κ1) is 23.4. The normalized spacial score (nSPS) is 11.4. The fourth-order valence-corrected chi connectivity index (χ4v) is 4.27. The first-order chi connectivity index (χ1) is 16.3. The summed E-state index contributed by atoms with van der Waals surface area (Å²) in [7, 11) is -2.14. The lowest BCUT2D eigenvalue weighted by Crippen LogP contribution is -2.23. The molecule has 4 rings (SSSR count). The minimum atomic E-state index is -3.50. The van der Waals surface area contributed by atoms with Gasteiger partial charge in [0.15, 0.2) is 0 Å². The Morgan fingerprint density at radius 2 is 1.65 bits per heavy atom. The van der Waals surface area contributed by atoms with Gasteiger partial charge in [-0.25, -0.2) is 17.8 Å². The summed E-state index contributed by atoms with van der Waals surface area (Å²) in [6.45, 7) is 4.33. The van der Waals surface area contributed by atoms with E-state index in [1.807, 2.05) is 62.4 Å². The van der Waals surface area contributed by atoms with Crippen LogP contribution in [0.1, 0.15) is 27.0 Å². The van der Waals surface area contributed by atoms with E-state index >= 15 is 0 Å². The zero-order chi connectivity index (χ0) is 24.3. The SMILES string of the molecule is CNS(=O)(=O)c1ccc(CNC(=O)c2cn(-c3ccccc3)nc2-c2ccc(C)c(C)c2)cc1. The third-order valence-corrected chi connectivity index (χ3v) is 7.15. The average molecular weight is 475 g/mol. The van der Waals surface area contributed by atoms with E-state index in [1.165, 1.54) is 24.7 Å². The van der Waals surface area contributed by atoms with Crippen LogP contribution in [0.2, 0.25) is 0 Å². The van der Waals surface area contributed by atoms with E-state index in [1.54, 1.807) is 23.0 Å². The van der Waals surface area contributed by atoms with E-state index in [-0.39, 0.29) is 17.3 Å². The molecule has 174 valence electrons. The third-order valence-electron chi connectivity index (χ3n) is 5.72. The van der Waals surface area contributed by atoms with Crippen molar-refractivity contribution in [2.75, 3.05) is 7.05 Å². The summed E-state index contributed by atoms with van der Waals surface area (Å²) < 4.78 is 27.8. The molecular formula is C26H26N4O3S. The van der Waals surface area contributed by atoms with Gasteiger partial charge >= 0.3 is 0 Å². The van der Waals surface area contributed by atoms with Gasteiger partial charge < -0.3 is 5.32 Å². The standard InChI is InChI=1S/C26H26N4O3S/c1-18-9-12-21(15-19(18)2)25-24(17-30(29-25)22-7-5-4-6-8-22)26(31)28-16-20-10-13-23(14-11-20)34(32,33)27-3/h4-15,17,27H,16H2,1-3H3,(H,28,31). The minimum Gasteiger partial charge on any atom is -0.348 e. The van der Waals surface area contributed by atoms with E-state index < -0.39 is 10.0 Å². The quantitative estimate of drug-likeness (QED) is 0.424. The number of para-hydroxylation sites is 1. The molecule has 0 spiro atoms. The molecule has 8 heteroatoms. The van der Waals surface area contributed by atoms with Crippen molar-refractivity contribution in [1.82, 2.24) is 19.8 Å². The van der Waals surface area contributed by atoms with E-state index in [0.29, 0.717) is 11.3 Å². The number of nitrogens with zero attached hydrogens (tertiary/aromatic N) is 2. The highest BCUT2D eigenvalue weighted by Crippen LogP contribution is 2.26. The summed E-state index contributed by atoms with van der Waals surface area (Å²) in [5, 5.41) is 7.66. The van der Waals surface area contributed by atoms with Crippen LogP contribution in [0.5, 0.6) is 0 Å². The molecule has 0 aliphatic rings. The van der Waals surface area contributed by atoms with Crippen LogP contribution in [0.3, 0.4) is 0 Å². The Morgan fingerprint density at radius 3 is 2.29 bits per heavy atom. The van der Waals surface area contributed by atoms with Crippen LogP contribution >= 0.6 is 0 Å². The largest absolute Gasteiger partial charge is 0.348 e.